The van der Waals surface area contributed by atoms with Gasteiger partial charge in [0.1, 0.15) is 0 Å². The quantitative estimate of drug-likeness (QED) is 0.857. The third kappa shape index (κ3) is 2.87. The van der Waals surface area contributed by atoms with Gasteiger partial charge in [0.2, 0.25) is 11.8 Å². The Labute approximate surface area is 132 Å². The van der Waals surface area contributed by atoms with Gasteiger partial charge in [-0.1, -0.05) is 30.3 Å². The van der Waals surface area contributed by atoms with Crippen LogP contribution in [0, 0.1) is 5.92 Å². The average Bonchev–Trinajstić information content (AvgIpc) is 3.39. The lowest BCUT2D eigenvalue weighted by Crippen LogP contribution is -2.54. The minimum Gasteiger partial charge on any atom is -0.339 e. The van der Waals surface area contributed by atoms with Gasteiger partial charge in [-0.3, -0.25) is 9.59 Å². The standard InChI is InChI=1S/C18H24N2O2/c1-18(2,15-6-4-3-5-7-15)17(22)20-12-10-19(11-13-20)16(21)14-8-9-14/h3-7,14H,8-13H2,1-2H3. The van der Waals surface area contributed by atoms with Crippen LogP contribution in [0.4, 0.5) is 0 Å². The van der Waals surface area contributed by atoms with E-state index in [1.165, 1.54) is 0 Å². The van der Waals surface area contributed by atoms with Gasteiger partial charge in [0.25, 0.3) is 0 Å². The van der Waals surface area contributed by atoms with Crippen molar-refractivity contribution < 1.29 is 9.59 Å². The van der Waals surface area contributed by atoms with E-state index in [-0.39, 0.29) is 17.7 Å². The van der Waals surface area contributed by atoms with Crippen LogP contribution in [-0.4, -0.2) is 47.8 Å². The van der Waals surface area contributed by atoms with Gasteiger partial charge >= 0.3 is 0 Å². The van der Waals surface area contributed by atoms with E-state index in [1.54, 1.807) is 0 Å². The lowest BCUT2D eigenvalue weighted by Gasteiger charge is -2.39. The maximum atomic E-state index is 12.9. The van der Waals surface area contributed by atoms with Gasteiger partial charge in [0.15, 0.2) is 0 Å². The molecule has 1 aliphatic carbocycles. The summed E-state index contributed by atoms with van der Waals surface area (Å²) in [5.74, 6) is 0.703. The molecule has 1 heterocycles. The molecule has 1 saturated carbocycles. The molecule has 22 heavy (non-hydrogen) atoms. The third-order valence-corrected chi connectivity index (χ3v) is 4.84. The molecular formula is C18H24N2O2. The first-order valence-electron chi connectivity index (χ1n) is 8.14. The topological polar surface area (TPSA) is 40.6 Å². The first-order valence-corrected chi connectivity index (χ1v) is 8.14. The Bertz CT molecular complexity index is 556. The minimum atomic E-state index is -0.524. The molecule has 4 nitrogen and oxygen atoms in total. The van der Waals surface area contributed by atoms with Crippen molar-refractivity contribution in [2.75, 3.05) is 26.2 Å². The van der Waals surface area contributed by atoms with E-state index in [1.807, 2.05) is 54.0 Å². The first-order chi connectivity index (χ1) is 10.5. The molecular weight excluding hydrogens is 276 g/mol. The fourth-order valence-corrected chi connectivity index (χ4v) is 3.09. The van der Waals surface area contributed by atoms with Gasteiger partial charge in [0.05, 0.1) is 5.41 Å². The van der Waals surface area contributed by atoms with Crippen LogP contribution in [0.3, 0.4) is 0 Å². The van der Waals surface area contributed by atoms with Gasteiger partial charge in [-0.05, 0) is 32.3 Å². The highest BCUT2D eigenvalue weighted by Gasteiger charge is 2.38. The van der Waals surface area contributed by atoms with E-state index in [4.69, 9.17) is 0 Å². The number of piperazine rings is 1. The summed E-state index contributed by atoms with van der Waals surface area (Å²) >= 11 is 0. The molecule has 118 valence electrons. The van der Waals surface area contributed by atoms with Gasteiger partial charge in [-0.15, -0.1) is 0 Å². The van der Waals surface area contributed by atoms with Crippen molar-refractivity contribution in [2.24, 2.45) is 5.92 Å². The van der Waals surface area contributed by atoms with E-state index in [0.717, 1.165) is 18.4 Å². The largest absolute Gasteiger partial charge is 0.339 e. The number of benzene rings is 1. The first kappa shape index (κ1) is 15.1. The van der Waals surface area contributed by atoms with Gasteiger partial charge in [0, 0.05) is 32.1 Å². The fourth-order valence-electron chi connectivity index (χ4n) is 3.09. The van der Waals surface area contributed by atoms with Crippen LogP contribution in [0.1, 0.15) is 32.3 Å². The molecule has 0 aromatic heterocycles. The highest BCUT2D eigenvalue weighted by Crippen LogP contribution is 2.31. The van der Waals surface area contributed by atoms with Crippen molar-refractivity contribution in [3.05, 3.63) is 35.9 Å². The summed E-state index contributed by atoms with van der Waals surface area (Å²) in [6, 6.07) is 9.91. The molecule has 1 aliphatic heterocycles. The van der Waals surface area contributed by atoms with Crippen molar-refractivity contribution >= 4 is 11.8 Å². The predicted octanol–water partition coefficient (Wildman–Crippen LogP) is 2.04. The number of carbonyl (C=O) groups is 2. The maximum Gasteiger partial charge on any atom is 0.232 e. The smallest absolute Gasteiger partial charge is 0.232 e. The van der Waals surface area contributed by atoms with Crippen molar-refractivity contribution in [3.63, 3.8) is 0 Å². The maximum absolute atomic E-state index is 12.9. The number of nitrogens with zero attached hydrogens (tertiary/aromatic N) is 2. The Kier molecular flexibility index (Phi) is 3.94. The number of hydrogen-bond acceptors (Lipinski definition) is 2. The Morgan fingerprint density at radius 2 is 1.50 bits per heavy atom. The zero-order valence-corrected chi connectivity index (χ0v) is 13.4. The van der Waals surface area contributed by atoms with Gasteiger partial charge in [-0.25, -0.2) is 0 Å². The summed E-state index contributed by atoms with van der Waals surface area (Å²) in [4.78, 5) is 28.8. The van der Waals surface area contributed by atoms with Crippen LogP contribution in [0.25, 0.3) is 0 Å². The molecule has 1 aromatic rings. The van der Waals surface area contributed by atoms with E-state index < -0.39 is 5.41 Å². The molecule has 0 atom stereocenters. The normalized spacial score (nSPS) is 19.2. The van der Waals surface area contributed by atoms with E-state index in [9.17, 15) is 9.59 Å². The second-order valence-corrected chi connectivity index (χ2v) is 6.88. The number of hydrogen-bond donors (Lipinski definition) is 0. The summed E-state index contributed by atoms with van der Waals surface area (Å²) in [6.07, 6.45) is 2.08. The minimum absolute atomic E-state index is 0.150. The molecule has 1 saturated heterocycles. The van der Waals surface area contributed by atoms with E-state index in [0.29, 0.717) is 26.2 Å². The highest BCUT2D eigenvalue weighted by molar-refractivity contribution is 5.88. The second-order valence-electron chi connectivity index (χ2n) is 6.88. The summed E-state index contributed by atoms with van der Waals surface area (Å²) in [7, 11) is 0. The van der Waals surface area contributed by atoms with Crippen molar-refractivity contribution in [1.29, 1.82) is 0 Å². The second kappa shape index (κ2) is 5.75. The average molecular weight is 300 g/mol. The van der Waals surface area contributed by atoms with E-state index in [2.05, 4.69) is 0 Å². The molecule has 4 heteroatoms. The SMILES string of the molecule is CC(C)(C(=O)N1CCN(C(=O)C2CC2)CC1)c1ccccc1. The van der Waals surface area contributed by atoms with Crippen LogP contribution in [0.15, 0.2) is 30.3 Å². The van der Waals surface area contributed by atoms with Crippen molar-refractivity contribution in [3.8, 4) is 0 Å². The summed E-state index contributed by atoms with van der Waals surface area (Å²) < 4.78 is 0. The van der Waals surface area contributed by atoms with Crippen LogP contribution in [0.5, 0.6) is 0 Å². The van der Waals surface area contributed by atoms with Crippen molar-refractivity contribution in [1.82, 2.24) is 9.80 Å². The molecule has 0 bridgehead atoms. The van der Waals surface area contributed by atoms with Crippen LogP contribution < -0.4 is 0 Å². The zero-order chi connectivity index (χ0) is 15.7. The lowest BCUT2D eigenvalue weighted by atomic mass is 9.83. The third-order valence-electron chi connectivity index (χ3n) is 4.84. The summed E-state index contributed by atoms with van der Waals surface area (Å²) in [5, 5.41) is 0. The van der Waals surface area contributed by atoms with Gasteiger partial charge in [-0.2, -0.15) is 0 Å². The Morgan fingerprint density at radius 1 is 0.955 bits per heavy atom. The molecule has 2 amide bonds. The fraction of sp³-hybridized carbons (Fsp3) is 0.556. The van der Waals surface area contributed by atoms with Crippen LogP contribution in [0.2, 0.25) is 0 Å². The van der Waals surface area contributed by atoms with Gasteiger partial charge < -0.3 is 9.80 Å². The molecule has 0 unspecified atom stereocenters. The number of amides is 2. The Hall–Kier alpha value is -1.84. The van der Waals surface area contributed by atoms with Crippen LogP contribution in [-0.2, 0) is 15.0 Å². The molecule has 2 aliphatic rings. The molecule has 0 radical (unpaired) electrons. The number of carbonyl (C=O) groups excluding carboxylic acids is 2. The molecule has 0 spiro atoms. The summed E-state index contributed by atoms with van der Waals surface area (Å²) in [6.45, 7) is 6.60. The number of rotatable bonds is 3. The Balaban J connectivity index is 1.63. The highest BCUT2D eigenvalue weighted by atomic mass is 16.2. The molecule has 1 aromatic carbocycles. The molecule has 3 rings (SSSR count). The zero-order valence-electron chi connectivity index (χ0n) is 13.4. The Morgan fingerprint density at radius 3 is 2.05 bits per heavy atom. The monoisotopic (exact) mass is 300 g/mol. The predicted molar refractivity (Wildman–Crippen MR) is 85.4 cm³/mol. The summed E-state index contributed by atoms with van der Waals surface area (Å²) in [5.41, 5.74) is 0.515. The molecule has 2 fully saturated rings. The van der Waals surface area contributed by atoms with Crippen molar-refractivity contribution in [2.45, 2.75) is 32.1 Å². The molecule has 0 N–H and O–H groups in total. The van der Waals surface area contributed by atoms with Crippen LogP contribution >= 0.6 is 0 Å². The lowest BCUT2D eigenvalue weighted by molar-refractivity contribution is -0.143. The van der Waals surface area contributed by atoms with E-state index >= 15 is 0 Å².